The van der Waals surface area contributed by atoms with Crippen molar-refractivity contribution in [3.05, 3.63) is 29.3 Å². The quantitative estimate of drug-likeness (QED) is 0.734. The molecule has 1 amide bonds. The van der Waals surface area contributed by atoms with Crippen molar-refractivity contribution in [3.8, 4) is 5.75 Å². The highest BCUT2D eigenvalue weighted by Gasteiger charge is 2.20. The van der Waals surface area contributed by atoms with Crippen molar-refractivity contribution in [2.75, 3.05) is 26.2 Å². The smallest absolute Gasteiger partial charge is 0.254 e. The molecule has 1 fully saturated rings. The minimum absolute atomic E-state index is 0.00917. The van der Waals surface area contributed by atoms with Crippen LogP contribution >= 0.6 is 0 Å². The Morgan fingerprint density at radius 3 is 2.75 bits per heavy atom. The van der Waals surface area contributed by atoms with E-state index in [1.165, 1.54) is 0 Å². The molecule has 0 aliphatic carbocycles. The third kappa shape index (κ3) is 2.02. The van der Waals surface area contributed by atoms with Gasteiger partial charge in [0.1, 0.15) is 5.75 Å². The van der Waals surface area contributed by atoms with Gasteiger partial charge in [0.05, 0.1) is 0 Å². The number of nitrogens with zero attached hydrogens (tertiary/aromatic N) is 1. The maximum atomic E-state index is 12.2. The van der Waals surface area contributed by atoms with E-state index in [1.54, 1.807) is 25.1 Å². The summed E-state index contributed by atoms with van der Waals surface area (Å²) in [6, 6.07) is 5.07. The Kier molecular flexibility index (Phi) is 3.10. The van der Waals surface area contributed by atoms with E-state index in [-0.39, 0.29) is 11.7 Å². The predicted octanol–water partition coefficient (Wildman–Crippen LogP) is 0.746. The second-order valence-corrected chi connectivity index (χ2v) is 3.99. The zero-order valence-corrected chi connectivity index (χ0v) is 9.36. The van der Waals surface area contributed by atoms with E-state index in [9.17, 15) is 9.90 Å². The maximum Gasteiger partial charge on any atom is 0.254 e. The van der Waals surface area contributed by atoms with Crippen LogP contribution in [-0.4, -0.2) is 42.1 Å². The van der Waals surface area contributed by atoms with Crippen LogP contribution in [0.2, 0.25) is 0 Å². The van der Waals surface area contributed by atoms with Crippen molar-refractivity contribution in [3.63, 3.8) is 0 Å². The zero-order valence-electron chi connectivity index (χ0n) is 9.36. The molecule has 0 bridgehead atoms. The molecule has 16 heavy (non-hydrogen) atoms. The molecule has 0 atom stereocenters. The number of hydrogen-bond acceptors (Lipinski definition) is 3. The first-order valence-electron chi connectivity index (χ1n) is 5.48. The van der Waals surface area contributed by atoms with Gasteiger partial charge >= 0.3 is 0 Å². The standard InChI is InChI=1S/C12H16N2O2/c1-9-10(3-2-4-11(9)15)12(16)14-7-5-13-6-8-14/h2-4,13,15H,5-8H2,1H3. The van der Waals surface area contributed by atoms with Gasteiger partial charge in [0.15, 0.2) is 0 Å². The van der Waals surface area contributed by atoms with E-state index < -0.39 is 0 Å². The van der Waals surface area contributed by atoms with Gasteiger partial charge in [0.25, 0.3) is 5.91 Å². The summed E-state index contributed by atoms with van der Waals surface area (Å²) < 4.78 is 0. The molecule has 1 heterocycles. The second-order valence-electron chi connectivity index (χ2n) is 3.99. The molecule has 2 N–H and O–H groups in total. The number of carbonyl (C=O) groups excluding carboxylic acids is 1. The monoisotopic (exact) mass is 220 g/mol. The number of rotatable bonds is 1. The first kappa shape index (κ1) is 11.0. The molecule has 2 rings (SSSR count). The lowest BCUT2D eigenvalue weighted by molar-refractivity contribution is 0.0734. The van der Waals surface area contributed by atoms with Crippen LogP contribution in [0.4, 0.5) is 0 Å². The van der Waals surface area contributed by atoms with Crippen LogP contribution in [-0.2, 0) is 0 Å². The highest BCUT2D eigenvalue weighted by Crippen LogP contribution is 2.20. The molecule has 4 nitrogen and oxygen atoms in total. The summed E-state index contributed by atoms with van der Waals surface area (Å²) in [5.74, 6) is 0.191. The summed E-state index contributed by atoms with van der Waals surface area (Å²) in [6.07, 6.45) is 0. The lowest BCUT2D eigenvalue weighted by Crippen LogP contribution is -2.46. The van der Waals surface area contributed by atoms with Gasteiger partial charge < -0.3 is 15.3 Å². The van der Waals surface area contributed by atoms with Crippen LogP contribution in [0.3, 0.4) is 0 Å². The predicted molar refractivity (Wildman–Crippen MR) is 61.6 cm³/mol. The van der Waals surface area contributed by atoms with E-state index in [1.807, 2.05) is 4.90 Å². The van der Waals surface area contributed by atoms with E-state index in [4.69, 9.17) is 0 Å². The number of piperazine rings is 1. The van der Waals surface area contributed by atoms with Gasteiger partial charge in [-0.25, -0.2) is 0 Å². The third-order valence-electron chi connectivity index (χ3n) is 2.94. The summed E-state index contributed by atoms with van der Waals surface area (Å²) in [4.78, 5) is 14.0. The van der Waals surface area contributed by atoms with Crippen molar-refractivity contribution in [1.82, 2.24) is 10.2 Å². The zero-order chi connectivity index (χ0) is 11.5. The molecule has 0 unspecified atom stereocenters. The van der Waals surface area contributed by atoms with Crippen LogP contribution in [0.25, 0.3) is 0 Å². The van der Waals surface area contributed by atoms with Crippen molar-refractivity contribution < 1.29 is 9.90 Å². The molecule has 86 valence electrons. The average Bonchev–Trinajstić information content (AvgIpc) is 2.33. The summed E-state index contributed by atoms with van der Waals surface area (Å²) in [7, 11) is 0. The molecule has 0 spiro atoms. The maximum absolute atomic E-state index is 12.2. The molecule has 1 aromatic rings. The molecule has 1 aromatic carbocycles. The van der Waals surface area contributed by atoms with Crippen molar-refractivity contribution in [1.29, 1.82) is 0 Å². The molecule has 1 aliphatic heterocycles. The summed E-state index contributed by atoms with van der Waals surface area (Å²) in [5, 5.41) is 12.8. The summed E-state index contributed by atoms with van der Waals surface area (Å²) in [5.41, 5.74) is 1.26. The van der Waals surface area contributed by atoms with E-state index in [0.717, 1.165) is 26.2 Å². The van der Waals surface area contributed by atoms with E-state index >= 15 is 0 Å². The van der Waals surface area contributed by atoms with Gasteiger partial charge in [0.2, 0.25) is 0 Å². The van der Waals surface area contributed by atoms with Gasteiger partial charge in [-0.1, -0.05) is 6.07 Å². The fourth-order valence-corrected chi connectivity index (χ4v) is 1.89. The molecule has 0 radical (unpaired) electrons. The van der Waals surface area contributed by atoms with Gasteiger partial charge in [-0.3, -0.25) is 4.79 Å². The van der Waals surface area contributed by atoms with E-state index in [0.29, 0.717) is 11.1 Å². The fraction of sp³-hybridized carbons (Fsp3) is 0.417. The first-order valence-corrected chi connectivity index (χ1v) is 5.48. The van der Waals surface area contributed by atoms with Gasteiger partial charge in [-0.2, -0.15) is 0 Å². The molecule has 1 saturated heterocycles. The first-order chi connectivity index (χ1) is 7.70. The summed E-state index contributed by atoms with van der Waals surface area (Å²) in [6.45, 7) is 4.90. The summed E-state index contributed by atoms with van der Waals surface area (Å²) >= 11 is 0. The Hall–Kier alpha value is -1.55. The normalized spacial score (nSPS) is 16.2. The van der Waals surface area contributed by atoms with Gasteiger partial charge in [0, 0.05) is 37.3 Å². The number of amides is 1. The van der Waals surface area contributed by atoms with Crippen molar-refractivity contribution in [2.45, 2.75) is 6.92 Å². The molecular formula is C12H16N2O2. The Labute approximate surface area is 94.9 Å². The Bertz CT molecular complexity index is 398. The highest BCUT2D eigenvalue weighted by molar-refractivity contribution is 5.96. The Morgan fingerprint density at radius 1 is 1.38 bits per heavy atom. The number of aromatic hydroxyl groups is 1. The van der Waals surface area contributed by atoms with Crippen LogP contribution in [0.5, 0.6) is 5.75 Å². The minimum Gasteiger partial charge on any atom is -0.508 e. The van der Waals surface area contributed by atoms with Crippen LogP contribution < -0.4 is 5.32 Å². The lowest BCUT2D eigenvalue weighted by atomic mass is 10.1. The number of phenolic OH excluding ortho intramolecular Hbond substituents is 1. The topological polar surface area (TPSA) is 52.6 Å². The van der Waals surface area contributed by atoms with Crippen molar-refractivity contribution in [2.24, 2.45) is 0 Å². The van der Waals surface area contributed by atoms with Crippen LogP contribution in [0, 0.1) is 6.92 Å². The second kappa shape index (κ2) is 4.53. The Morgan fingerprint density at radius 2 is 2.06 bits per heavy atom. The SMILES string of the molecule is Cc1c(O)cccc1C(=O)N1CCNCC1. The van der Waals surface area contributed by atoms with Crippen molar-refractivity contribution >= 4 is 5.91 Å². The Balaban J connectivity index is 2.22. The molecular weight excluding hydrogens is 204 g/mol. The lowest BCUT2D eigenvalue weighted by Gasteiger charge is -2.28. The largest absolute Gasteiger partial charge is 0.508 e. The molecule has 1 aliphatic rings. The fourth-order valence-electron chi connectivity index (χ4n) is 1.89. The molecule has 0 saturated carbocycles. The minimum atomic E-state index is 0.00917. The highest BCUT2D eigenvalue weighted by atomic mass is 16.3. The number of carbonyl (C=O) groups is 1. The van der Waals surface area contributed by atoms with Crippen LogP contribution in [0.15, 0.2) is 18.2 Å². The number of phenols is 1. The number of benzene rings is 1. The van der Waals surface area contributed by atoms with Gasteiger partial charge in [-0.15, -0.1) is 0 Å². The number of nitrogens with one attached hydrogen (secondary N) is 1. The third-order valence-corrected chi connectivity index (χ3v) is 2.94. The van der Waals surface area contributed by atoms with Crippen LogP contribution in [0.1, 0.15) is 15.9 Å². The molecule has 4 heteroatoms. The average molecular weight is 220 g/mol. The van der Waals surface area contributed by atoms with Gasteiger partial charge in [-0.05, 0) is 19.1 Å². The number of hydrogen-bond donors (Lipinski definition) is 2. The molecule has 0 aromatic heterocycles. The van der Waals surface area contributed by atoms with E-state index in [2.05, 4.69) is 5.32 Å².